The van der Waals surface area contributed by atoms with Gasteiger partial charge in [0.1, 0.15) is 0 Å². The number of ether oxygens (including phenoxy) is 1. The Kier molecular flexibility index (Phi) is 3.59. The first kappa shape index (κ1) is 10.9. The van der Waals surface area contributed by atoms with Crippen LogP contribution in [-0.2, 0) is 9.53 Å². The SMILES string of the molecule is NC1CC(CNC(=O)CC2CCCO2)C1. The maximum atomic E-state index is 11.5. The van der Waals surface area contributed by atoms with E-state index in [4.69, 9.17) is 10.5 Å². The smallest absolute Gasteiger partial charge is 0.222 e. The first-order chi connectivity index (χ1) is 7.24. The fourth-order valence-electron chi connectivity index (χ4n) is 2.30. The molecule has 2 rings (SSSR count). The van der Waals surface area contributed by atoms with Crippen molar-refractivity contribution in [3.8, 4) is 0 Å². The van der Waals surface area contributed by atoms with Crippen LogP contribution in [-0.4, -0.2) is 31.2 Å². The molecule has 0 aromatic carbocycles. The molecule has 4 heteroatoms. The van der Waals surface area contributed by atoms with E-state index in [0.29, 0.717) is 18.4 Å². The zero-order chi connectivity index (χ0) is 10.7. The summed E-state index contributed by atoms with van der Waals surface area (Å²) in [6.45, 7) is 1.61. The zero-order valence-electron chi connectivity index (χ0n) is 9.08. The zero-order valence-corrected chi connectivity index (χ0v) is 9.08. The van der Waals surface area contributed by atoms with Crippen molar-refractivity contribution in [3.05, 3.63) is 0 Å². The highest BCUT2D eigenvalue weighted by Crippen LogP contribution is 2.24. The minimum absolute atomic E-state index is 0.127. The molecule has 3 N–H and O–H groups in total. The van der Waals surface area contributed by atoms with Crippen LogP contribution in [0.15, 0.2) is 0 Å². The number of nitrogens with two attached hydrogens (primary N) is 1. The van der Waals surface area contributed by atoms with Crippen LogP contribution in [0.5, 0.6) is 0 Å². The largest absolute Gasteiger partial charge is 0.378 e. The fraction of sp³-hybridized carbons (Fsp3) is 0.909. The summed E-state index contributed by atoms with van der Waals surface area (Å²) in [4.78, 5) is 11.5. The lowest BCUT2D eigenvalue weighted by atomic mass is 9.81. The van der Waals surface area contributed by atoms with E-state index in [1.165, 1.54) is 0 Å². The maximum absolute atomic E-state index is 11.5. The number of nitrogens with one attached hydrogen (secondary N) is 1. The van der Waals surface area contributed by atoms with Crippen LogP contribution in [0.3, 0.4) is 0 Å². The summed E-state index contributed by atoms with van der Waals surface area (Å²) in [5.74, 6) is 0.732. The lowest BCUT2D eigenvalue weighted by molar-refractivity contribution is -0.123. The summed E-state index contributed by atoms with van der Waals surface area (Å²) in [7, 11) is 0. The molecule has 0 aromatic heterocycles. The van der Waals surface area contributed by atoms with E-state index < -0.39 is 0 Å². The molecule has 1 atom stereocenters. The van der Waals surface area contributed by atoms with Crippen molar-refractivity contribution in [2.24, 2.45) is 11.7 Å². The van der Waals surface area contributed by atoms with Crippen LogP contribution >= 0.6 is 0 Å². The van der Waals surface area contributed by atoms with E-state index in [9.17, 15) is 4.79 Å². The summed E-state index contributed by atoms with van der Waals surface area (Å²) >= 11 is 0. The maximum Gasteiger partial charge on any atom is 0.222 e. The van der Waals surface area contributed by atoms with Gasteiger partial charge in [-0.05, 0) is 31.6 Å². The van der Waals surface area contributed by atoms with E-state index in [0.717, 1.165) is 38.8 Å². The van der Waals surface area contributed by atoms with Crippen LogP contribution in [0.4, 0.5) is 0 Å². The Morgan fingerprint density at radius 1 is 1.47 bits per heavy atom. The van der Waals surface area contributed by atoms with Crippen molar-refractivity contribution < 1.29 is 9.53 Å². The van der Waals surface area contributed by atoms with Crippen LogP contribution in [0.1, 0.15) is 32.1 Å². The first-order valence-electron chi connectivity index (χ1n) is 5.88. The van der Waals surface area contributed by atoms with Crippen LogP contribution in [0.25, 0.3) is 0 Å². The van der Waals surface area contributed by atoms with Gasteiger partial charge in [0, 0.05) is 19.2 Å². The normalized spacial score (nSPS) is 34.9. The molecule has 2 aliphatic rings. The highest BCUT2D eigenvalue weighted by atomic mass is 16.5. The van der Waals surface area contributed by atoms with Crippen molar-refractivity contribution in [1.82, 2.24) is 5.32 Å². The summed E-state index contributed by atoms with van der Waals surface area (Å²) in [6.07, 6.45) is 4.92. The molecule has 1 unspecified atom stereocenters. The monoisotopic (exact) mass is 212 g/mol. The summed E-state index contributed by atoms with van der Waals surface area (Å²) < 4.78 is 5.41. The molecule has 86 valence electrons. The number of amides is 1. The van der Waals surface area contributed by atoms with Gasteiger partial charge < -0.3 is 15.8 Å². The Morgan fingerprint density at radius 2 is 2.27 bits per heavy atom. The molecular formula is C11H20N2O2. The third-order valence-corrected chi connectivity index (χ3v) is 3.30. The fourth-order valence-corrected chi connectivity index (χ4v) is 2.30. The van der Waals surface area contributed by atoms with Gasteiger partial charge in [0.2, 0.25) is 5.91 Å². The van der Waals surface area contributed by atoms with Crippen LogP contribution < -0.4 is 11.1 Å². The first-order valence-corrected chi connectivity index (χ1v) is 5.88. The molecule has 0 radical (unpaired) electrons. The third-order valence-electron chi connectivity index (χ3n) is 3.30. The van der Waals surface area contributed by atoms with Gasteiger partial charge in [-0.3, -0.25) is 4.79 Å². The Hall–Kier alpha value is -0.610. The highest BCUT2D eigenvalue weighted by Gasteiger charge is 2.26. The minimum atomic E-state index is 0.127. The molecule has 1 heterocycles. The number of rotatable bonds is 4. The third kappa shape index (κ3) is 3.18. The van der Waals surface area contributed by atoms with Gasteiger partial charge in [-0.1, -0.05) is 0 Å². The summed E-state index contributed by atoms with van der Waals surface area (Å²) in [5, 5.41) is 2.96. The molecule has 1 amide bonds. The number of carbonyl (C=O) groups is 1. The van der Waals surface area contributed by atoms with E-state index >= 15 is 0 Å². The molecule has 2 fully saturated rings. The average molecular weight is 212 g/mol. The molecule has 1 saturated carbocycles. The molecule has 15 heavy (non-hydrogen) atoms. The van der Waals surface area contributed by atoms with Gasteiger partial charge in [0.25, 0.3) is 0 Å². The Balaban J connectivity index is 1.56. The quantitative estimate of drug-likeness (QED) is 0.709. The minimum Gasteiger partial charge on any atom is -0.378 e. The van der Waals surface area contributed by atoms with Crippen LogP contribution in [0.2, 0.25) is 0 Å². The molecule has 0 spiro atoms. The number of hydrogen-bond donors (Lipinski definition) is 2. The molecule has 1 aliphatic carbocycles. The Labute approximate surface area is 90.5 Å². The lowest BCUT2D eigenvalue weighted by Crippen LogP contribution is -2.43. The van der Waals surface area contributed by atoms with Gasteiger partial charge in [-0.25, -0.2) is 0 Å². The Bertz CT molecular complexity index is 221. The van der Waals surface area contributed by atoms with Crippen molar-refractivity contribution in [1.29, 1.82) is 0 Å². The molecule has 0 aromatic rings. The molecular weight excluding hydrogens is 192 g/mol. The van der Waals surface area contributed by atoms with Gasteiger partial charge in [-0.2, -0.15) is 0 Å². The second-order valence-corrected chi connectivity index (χ2v) is 4.74. The van der Waals surface area contributed by atoms with Gasteiger partial charge in [-0.15, -0.1) is 0 Å². The predicted octanol–water partition coefficient (Wildman–Crippen LogP) is 0.409. The highest BCUT2D eigenvalue weighted by molar-refractivity contribution is 5.76. The molecule has 1 aliphatic heterocycles. The second-order valence-electron chi connectivity index (χ2n) is 4.74. The average Bonchev–Trinajstić information content (AvgIpc) is 2.63. The van der Waals surface area contributed by atoms with Crippen molar-refractivity contribution in [3.63, 3.8) is 0 Å². The summed E-state index contributed by atoms with van der Waals surface area (Å²) in [5.41, 5.74) is 5.67. The van der Waals surface area contributed by atoms with E-state index in [1.54, 1.807) is 0 Å². The predicted molar refractivity (Wildman–Crippen MR) is 57.3 cm³/mol. The van der Waals surface area contributed by atoms with Gasteiger partial charge in [0.15, 0.2) is 0 Å². The Morgan fingerprint density at radius 3 is 2.87 bits per heavy atom. The van der Waals surface area contributed by atoms with Crippen LogP contribution in [0, 0.1) is 5.92 Å². The van der Waals surface area contributed by atoms with Crippen molar-refractivity contribution in [2.75, 3.05) is 13.2 Å². The number of hydrogen-bond acceptors (Lipinski definition) is 3. The standard InChI is InChI=1S/C11H20N2O2/c12-9-4-8(5-9)7-13-11(14)6-10-2-1-3-15-10/h8-10H,1-7,12H2,(H,13,14). The molecule has 0 bridgehead atoms. The summed E-state index contributed by atoms with van der Waals surface area (Å²) in [6, 6.07) is 0.366. The molecule has 4 nitrogen and oxygen atoms in total. The topological polar surface area (TPSA) is 64.3 Å². The van der Waals surface area contributed by atoms with E-state index in [-0.39, 0.29) is 12.0 Å². The van der Waals surface area contributed by atoms with Gasteiger partial charge in [0.05, 0.1) is 12.5 Å². The van der Waals surface area contributed by atoms with Gasteiger partial charge >= 0.3 is 0 Å². The number of carbonyl (C=O) groups excluding carboxylic acids is 1. The van der Waals surface area contributed by atoms with E-state index in [2.05, 4.69) is 5.32 Å². The van der Waals surface area contributed by atoms with Crippen molar-refractivity contribution >= 4 is 5.91 Å². The molecule has 1 saturated heterocycles. The van der Waals surface area contributed by atoms with E-state index in [1.807, 2.05) is 0 Å². The second kappa shape index (κ2) is 4.94. The lowest BCUT2D eigenvalue weighted by Gasteiger charge is -2.32. The van der Waals surface area contributed by atoms with Crippen molar-refractivity contribution in [2.45, 2.75) is 44.2 Å².